The molecule has 0 spiro atoms. The number of esters is 2. The molecule has 3 atom stereocenters. The number of carbonyl (C=O) groups is 2. The molecule has 266 valence electrons. The highest BCUT2D eigenvalue weighted by Gasteiger charge is 2.57. The van der Waals surface area contributed by atoms with Crippen LogP contribution in [0.5, 0.6) is 0 Å². The predicted octanol–water partition coefficient (Wildman–Crippen LogP) is 7.51. The van der Waals surface area contributed by atoms with Gasteiger partial charge in [-0.05, 0) is 92.7 Å². The van der Waals surface area contributed by atoms with Crippen molar-refractivity contribution < 1.29 is 24.2 Å². The maximum atomic E-state index is 13.8. The Morgan fingerprint density at radius 1 is 0.981 bits per heavy atom. The minimum absolute atomic E-state index is 0.110. The molecule has 0 aromatic carbocycles. The minimum Gasteiger partial charge on any atom is -0.510 e. The average Bonchev–Trinajstić information content (AvgIpc) is 3.86. The van der Waals surface area contributed by atoms with Crippen LogP contribution in [0.2, 0.25) is 0 Å². The third-order valence-electron chi connectivity index (χ3n) is 11.2. The molecule has 5 aliphatic heterocycles. The molecule has 52 heavy (non-hydrogen) atoms. The number of methoxy groups -OCH3 is 2. The van der Waals surface area contributed by atoms with Gasteiger partial charge in [-0.25, -0.2) is 15.0 Å². The second-order valence-corrected chi connectivity index (χ2v) is 14.0. The van der Waals surface area contributed by atoms with E-state index in [0.717, 1.165) is 68.4 Å². The molecule has 0 saturated carbocycles. The van der Waals surface area contributed by atoms with E-state index in [1.807, 2.05) is 37.4 Å². The molecule has 7 rings (SSSR count). The number of allylic oxidation sites excluding steroid dienone is 11. The Balaban J connectivity index is 1.51. The van der Waals surface area contributed by atoms with Gasteiger partial charge >= 0.3 is 11.9 Å². The number of hydrogen-bond donors (Lipinski definition) is 2. The molecule has 0 unspecified atom stereocenters. The lowest BCUT2D eigenvalue weighted by molar-refractivity contribution is -0.148. The molecule has 2 N–H and O–H groups in total. The fourth-order valence-corrected chi connectivity index (χ4v) is 8.06. The maximum Gasteiger partial charge on any atom is 0.323 e. The summed E-state index contributed by atoms with van der Waals surface area (Å²) >= 11 is 0. The van der Waals surface area contributed by atoms with Crippen LogP contribution in [-0.2, 0) is 19.1 Å². The monoisotopic (exact) mass is 697 g/mol. The molecule has 1 fully saturated rings. The van der Waals surface area contributed by atoms with Gasteiger partial charge < -0.3 is 19.9 Å². The fourth-order valence-electron chi connectivity index (χ4n) is 8.06. The molecule has 10 heteroatoms. The number of ether oxygens (including phenoxy) is 2. The van der Waals surface area contributed by atoms with E-state index >= 15 is 0 Å². The molecule has 6 aliphatic rings. The molecule has 10 nitrogen and oxygen atoms in total. The summed E-state index contributed by atoms with van der Waals surface area (Å²) in [7, 11) is 2.70. The number of aromatic nitrogens is 1. The smallest absolute Gasteiger partial charge is 0.323 e. The largest absolute Gasteiger partial charge is 0.510 e. The summed E-state index contributed by atoms with van der Waals surface area (Å²) in [5, 5.41) is 15.7. The lowest BCUT2D eigenvalue weighted by Gasteiger charge is -2.27. The summed E-state index contributed by atoms with van der Waals surface area (Å²) in [6.07, 6.45) is 15.1. The first-order valence-corrected chi connectivity index (χ1v) is 17.7. The van der Waals surface area contributed by atoms with Gasteiger partial charge in [-0.2, -0.15) is 0 Å². The van der Waals surface area contributed by atoms with Crippen molar-refractivity contribution in [2.75, 3.05) is 14.2 Å². The molecular weight excluding hydrogens is 654 g/mol. The van der Waals surface area contributed by atoms with Crippen LogP contribution in [0.15, 0.2) is 137 Å². The highest BCUT2D eigenvalue weighted by atomic mass is 16.5. The van der Waals surface area contributed by atoms with E-state index in [4.69, 9.17) is 24.5 Å². The average molecular weight is 698 g/mol. The molecule has 1 aromatic rings. The summed E-state index contributed by atoms with van der Waals surface area (Å²) in [4.78, 5) is 46.0. The number of fused-ring (bicyclic) bond motifs is 5. The van der Waals surface area contributed by atoms with Crippen LogP contribution in [-0.4, -0.2) is 53.4 Å². The van der Waals surface area contributed by atoms with E-state index in [0.29, 0.717) is 34.7 Å². The summed E-state index contributed by atoms with van der Waals surface area (Å²) in [5.41, 5.74) is 11.3. The lowest BCUT2D eigenvalue weighted by atomic mass is 9.78. The molecule has 8 bridgehead atoms. The van der Waals surface area contributed by atoms with Crippen molar-refractivity contribution in [3.05, 3.63) is 128 Å². The molecule has 0 amide bonds. The van der Waals surface area contributed by atoms with Gasteiger partial charge in [0.15, 0.2) is 5.41 Å². The second-order valence-electron chi connectivity index (χ2n) is 14.0. The highest BCUT2D eigenvalue weighted by molar-refractivity contribution is 6.25. The standard InChI is InChI=1S/C42H43N5O5/c1-9-26-21(2)30-18-34-27(13-12-25-11-10-16-43-20-25)22(3)29(45-34)17-31-23(4)28(14-15-35(48)51-7)38(46-31)37-39-36(40(49)42(37,6)41(50)52-8)24(5)32(47-39)19-33(26)44-30/h10-13,16-20,23,28,46,49H,9,14-15H2,1-8H3/b13-12+,31-17?,33-19?,34-18?,38-37?/t23-,28-,42-/m0/s1. The first-order valence-electron chi connectivity index (χ1n) is 17.7. The number of hydrogen-bond acceptors (Lipinski definition) is 10. The number of pyridine rings is 1. The van der Waals surface area contributed by atoms with Crippen LogP contribution in [0.1, 0.15) is 66.4 Å². The Hall–Kier alpha value is -5.64. The van der Waals surface area contributed by atoms with Gasteiger partial charge in [0.25, 0.3) is 0 Å². The lowest BCUT2D eigenvalue weighted by Crippen LogP contribution is -2.35. The van der Waals surface area contributed by atoms with E-state index < -0.39 is 11.4 Å². The highest BCUT2D eigenvalue weighted by Crippen LogP contribution is 2.54. The van der Waals surface area contributed by atoms with Gasteiger partial charge in [-0.1, -0.05) is 32.1 Å². The Morgan fingerprint density at radius 3 is 2.42 bits per heavy atom. The number of aliphatic imine (C=N–C) groups is 3. The van der Waals surface area contributed by atoms with Gasteiger partial charge in [0, 0.05) is 58.8 Å². The molecule has 1 aromatic heterocycles. The number of rotatable bonds is 7. The SMILES string of the molecule is CCC1=C(C)C2=NC1=CC1=C(C)C3=C(O)[C@@](C)(C(=O)OC)C(=C4NC(=CC5=NC(=C2)C(/C=C/c2cccnc2)=C5C)[C@@H](C)[C@@H]4CCC(=O)OC)C3=N1. The van der Waals surface area contributed by atoms with Gasteiger partial charge in [0.05, 0.1) is 48.4 Å². The van der Waals surface area contributed by atoms with Crippen LogP contribution in [0.3, 0.4) is 0 Å². The number of aliphatic hydroxyl groups is 1. The molecule has 6 heterocycles. The van der Waals surface area contributed by atoms with Crippen LogP contribution in [0.4, 0.5) is 0 Å². The van der Waals surface area contributed by atoms with E-state index in [9.17, 15) is 14.7 Å². The topological polar surface area (TPSA) is 135 Å². The van der Waals surface area contributed by atoms with E-state index in [-0.39, 0.29) is 30.0 Å². The predicted molar refractivity (Wildman–Crippen MR) is 202 cm³/mol. The van der Waals surface area contributed by atoms with Gasteiger partial charge in [-0.15, -0.1) is 0 Å². The quantitative estimate of drug-likeness (QED) is 0.282. The number of nitrogens with one attached hydrogen (secondary N) is 1. The third kappa shape index (κ3) is 5.39. The van der Waals surface area contributed by atoms with Crippen LogP contribution in [0, 0.1) is 17.3 Å². The maximum absolute atomic E-state index is 13.8. The first-order chi connectivity index (χ1) is 24.9. The Labute approximate surface area is 303 Å². The summed E-state index contributed by atoms with van der Waals surface area (Å²) in [5.74, 6) is -1.41. The van der Waals surface area contributed by atoms with Gasteiger partial charge in [-0.3, -0.25) is 14.6 Å². The fraction of sp³-hybridized carbons (Fsp3) is 0.333. The van der Waals surface area contributed by atoms with E-state index in [1.165, 1.54) is 14.2 Å². The van der Waals surface area contributed by atoms with Crippen LogP contribution in [0.25, 0.3) is 6.08 Å². The third-order valence-corrected chi connectivity index (χ3v) is 11.2. The van der Waals surface area contributed by atoms with Crippen molar-refractivity contribution in [3.63, 3.8) is 0 Å². The van der Waals surface area contributed by atoms with Gasteiger partial charge in [0.2, 0.25) is 0 Å². The zero-order chi connectivity index (χ0) is 37.1. The van der Waals surface area contributed by atoms with Crippen molar-refractivity contribution in [3.8, 4) is 0 Å². The van der Waals surface area contributed by atoms with Crippen LogP contribution >= 0.6 is 0 Å². The normalized spacial score (nSPS) is 25.1. The van der Waals surface area contributed by atoms with E-state index in [1.54, 1.807) is 13.1 Å². The number of carbonyl (C=O) groups excluding carboxylic acids is 2. The molecule has 1 aliphatic carbocycles. The van der Waals surface area contributed by atoms with Crippen molar-refractivity contribution in [1.82, 2.24) is 10.3 Å². The Bertz CT molecular complexity index is 2220. The zero-order valence-electron chi connectivity index (χ0n) is 30.8. The first kappa shape index (κ1) is 34.8. The molecule has 1 saturated heterocycles. The van der Waals surface area contributed by atoms with Gasteiger partial charge in [0.1, 0.15) is 5.76 Å². The summed E-state index contributed by atoms with van der Waals surface area (Å²) in [6, 6.07) is 3.91. The summed E-state index contributed by atoms with van der Waals surface area (Å²) in [6.45, 7) is 11.9. The second kappa shape index (κ2) is 13.2. The molecular formula is C42H43N5O5. The number of nitrogens with zero attached hydrogens (tertiary/aromatic N) is 4. The molecule has 0 radical (unpaired) electrons. The summed E-state index contributed by atoms with van der Waals surface area (Å²) < 4.78 is 10.4. The van der Waals surface area contributed by atoms with Crippen molar-refractivity contribution in [1.29, 1.82) is 0 Å². The number of aliphatic hydroxyl groups excluding tert-OH is 1. The minimum atomic E-state index is -1.54. The van der Waals surface area contributed by atoms with E-state index in [2.05, 4.69) is 56.2 Å². The van der Waals surface area contributed by atoms with Crippen molar-refractivity contribution >= 4 is 35.1 Å². The Morgan fingerprint density at radius 2 is 1.73 bits per heavy atom. The zero-order valence-corrected chi connectivity index (χ0v) is 30.8. The van der Waals surface area contributed by atoms with Crippen molar-refractivity contribution in [2.24, 2.45) is 32.2 Å². The van der Waals surface area contributed by atoms with Crippen molar-refractivity contribution in [2.45, 2.75) is 60.8 Å². The van der Waals surface area contributed by atoms with Crippen LogP contribution < -0.4 is 5.32 Å². The Kier molecular flexibility index (Phi) is 8.80.